The van der Waals surface area contributed by atoms with E-state index >= 15 is 0 Å². The number of hydrogen-bond donors (Lipinski definition) is 1. The molecule has 1 aromatic heterocycles. The molecule has 0 aliphatic heterocycles. The lowest BCUT2D eigenvalue weighted by Crippen LogP contribution is -2.15. The molecule has 0 spiro atoms. The third-order valence-corrected chi connectivity index (χ3v) is 3.42. The van der Waals surface area contributed by atoms with Gasteiger partial charge in [0.1, 0.15) is 0 Å². The van der Waals surface area contributed by atoms with E-state index < -0.39 is 0 Å². The third kappa shape index (κ3) is 1.74. The molecule has 1 N–H and O–H groups in total. The number of nitrogens with zero attached hydrogens (tertiary/aromatic N) is 2. The molecule has 2 aliphatic carbocycles. The van der Waals surface area contributed by atoms with E-state index in [9.17, 15) is 0 Å². The molecule has 0 amide bonds. The van der Waals surface area contributed by atoms with Crippen molar-refractivity contribution < 1.29 is 0 Å². The summed E-state index contributed by atoms with van der Waals surface area (Å²) in [6, 6.07) is 0.786. The van der Waals surface area contributed by atoms with Crippen molar-refractivity contribution in [1.29, 1.82) is 0 Å². The first-order chi connectivity index (χ1) is 6.43. The van der Waals surface area contributed by atoms with E-state index in [1.807, 2.05) is 0 Å². The van der Waals surface area contributed by atoms with Crippen LogP contribution < -0.4 is 5.32 Å². The third-order valence-electron chi connectivity index (χ3n) is 2.68. The molecule has 3 nitrogen and oxygen atoms in total. The van der Waals surface area contributed by atoms with E-state index in [0.29, 0.717) is 0 Å². The Morgan fingerprint density at radius 1 is 1.31 bits per heavy atom. The second-order valence-electron chi connectivity index (χ2n) is 4.01. The van der Waals surface area contributed by atoms with Crippen molar-refractivity contribution >= 4 is 11.5 Å². The Morgan fingerprint density at radius 2 is 2.15 bits per heavy atom. The van der Waals surface area contributed by atoms with Gasteiger partial charge in [-0.3, -0.25) is 0 Å². The lowest BCUT2D eigenvalue weighted by Gasteiger charge is -2.00. The van der Waals surface area contributed by atoms with Crippen LogP contribution in [0.3, 0.4) is 0 Å². The Labute approximate surface area is 81.7 Å². The highest BCUT2D eigenvalue weighted by Gasteiger charge is 2.29. The van der Waals surface area contributed by atoms with Gasteiger partial charge in [0.25, 0.3) is 0 Å². The van der Waals surface area contributed by atoms with Crippen LogP contribution in [0.1, 0.15) is 42.2 Å². The zero-order valence-electron chi connectivity index (χ0n) is 7.49. The van der Waals surface area contributed by atoms with Gasteiger partial charge in [-0.1, -0.05) is 4.49 Å². The van der Waals surface area contributed by atoms with Crippen LogP contribution in [-0.2, 0) is 6.54 Å². The molecule has 70 valence electrons. The molecule has 0 aromatic carbocycles. The molecule has 2 fully saturated rings. The van der Waals surface area contributed by atoms with Crippen molar-refractivity contribution in [3.63, 3.8) is 0 Å². The van der Waals surface area contributed by atoms with Gasteiger partial charge in [-0.15, -0.1) is 5.10 Å². The van der Waals surface area contributed by atoms with Gasteiger partial charge in [0.05, 0.1) is 10.6 Å². The quantitative estimate of drug-likeness (QED) is 0.794. The van der Waals surface area contributed by atoms with Crippen molar-refractivity contribution in [1.82, 2.24) is 14.9 Å². The van der Waals surface area contributed by atoms with E-state index in [1.54, 1.807) is 11.5 Å². The van der Waals surface area contributed by atoms with Gasteiger partial charge in [0.15, 0.2) is 0 Å². The summed E-state index contributed by atoms with van der Waals surface area (Å²) in [6.07, 6.45) is 5.35. The number of aromatic nitrogens is 2. The van der Waals surface area contributed by atoms with Crippen LogP contribution in [0.5, 0.6) is 0 Å². The standard InChI is InChI=1S/C9H13N3S/c1-2-6(1)9-8(13-12-11-9)5-10-7-3-4-7/h6-7,10H,1-5H2. The first-order valence-corrected chi connectivity index (χ1v) is 5.75. The summed E-state index contributed by atoms with van der Waals surface area (Å²) >= 11 is 1.56. The molecule has 1 aromatic rings. The summed E-state index contributed by atoms with van der Waals surface area (Å²) in [4.78, 5) is 1.37. The molecule has 0 bridgehead atoms. The van der Waals surface area contributed by atoms with Crippen LogP contribution in [-0.4, -0.2) is 15.6 Å². The summed E-state index contributed by atoms with van der Waals surface area (Å²) in [6.45, 7) is 0.994. The van der Waals surface area contributed by atoms with Gasteiger partial charge in [-0.05, 0) is 37.2 Å². The maximum absolute atomic E-state index is 4.21. The minimum absolute atomic E-state index is 0.745. The molecule has 13 heavy (non-hydrogen) atoms. The van der Waals surface area contributed by atoms with Crippen LogP contribution in [0.4, 0.5) is 0 Å². The molecule has 2 aliphatic rings. The Kier molecular flexibility index (Phi) is 1.84. The molecule has 0 atom stereocenters. The van der Waals surface area contributed by atoms with E-state index in [2.05, 4.69) is 14.9 Å². The van der Waals surface area contributed by atoms with Crippen molar-refractivity contribution in [3.8, 4) is 0 Å². The molecule has 0 saturated heterocycles. The fourth-order valence-electron chi connectivity index (χ4n) is 1.53. The SMILES string of the molecule is C(NC1CC1)c1snnc1C1CC1. The van der Waals surface area contributed by atoms with Crippen molar-refractivity contribution in [2.75, 3.05) is 0 Å². The monoisotopic (exact) mass is 195 g/mol. The molecule has 1 heterocycles. The normalized spacial score (nSPS) is 22.2. The minimum atomic E-state index is 0.745. The smallest absolute Gasteiger partial charge is 0.0831 e. The molecule has 0 radical (unpaired) electrons. The first-order valence-electron chi connectivity index (χ1n) is 4.98. The summed E-state index contributed by atoms with van der Waals surface area (Å²) < 4.78 is 4.03. The minimum Gasteiger partial charge on any atom is -0.309 e. The zero-order chi connectivity index (χ0) is 8.67. The van der Waals surface area contributed by atoms with Gasteiger partial charge < -0.3 is 5.32 Å². The predicted molar refractivity (Wildman–Crippen MR) is 51.7 cm³/mol. The van der Waals surface area contributed by atoms with Crippen LogP contribution in [0.15, 0.2) is 0 Å². The Balaban J connectivity index is 1.67. The van der Waals surface area contributed by atoms with E-state index in [1.165, 1.54) is 36.3 Å². The average Bonchev–Trinajstić information content (AvgIpc) is 3.03. The lowest BCUT2D eigenvalue weighted by molar-refractivity contribution is 0.688. The maximum atomic E-state index is 4.21. The van der Waals surface area contributed by atoms with Crippen LogP contribution in [0.25, 0.3) is 0 Å². The van der Waals surface area contributed by atoms with Gasteiger partial charge in [0, 0.05) is 18.5 Å². The van der Waals surface area contributed by atoms with Crippen molar-refractivity contribution in [2.45, 2.75) is 44.2 Å². The van der Waals surface area contributed by atoms with Gasteiger partial charge in [-0.25, -0.2) is 0 Å². The zero-order valence-corrected chi connectivity index (χ0v) is 8.31. The molecule has 2 saturated carbocycles. The van der Waals surface area contributed by atoms with Crippen molar-refractivity contribution in [3.05, 3.63) is 10.6 Å². The fraction of sp³-hybridized carbons (Fsp3) is 0.778. The summed E-state index contributed by atoms with van der Waals surface area (Å²) in [5.74, 6) is 0.745. The van der Waals surface area contributed by atoms with E-state index in [0.717, 1.165) is 18.5 Å². The number of nitrogens with one attached hydrogen (secondary N) is 1. The van der Waals surface area contributed by atoms with Crippen LogP contribution in [0.2, 0.25) is 0 Å². The molecule has 0 unspecified atom stereocenters. The Bertz CT molecular complexity index is 302. The summed E-state index contributed by atoms with van der Waals surface area (Å²) in [7, 11) is 0. The van der Waals surface area contributed by atoms with Crippen LogP contribution >= 0.6 is 11.5 Å². The number of hydrogen-bond acceptors (Lipinski definition) is 4. The van der Waals surface area contributed by atoms with Gasteiger partial charge >= 0.3 is 0 Å². The van der Waals surface area contributed by atoms with Crippen LogP contribution in [0, 0.1) is 0 Å². The second kappa shape index (κ2) is 3.03. The first kappa shape index (κ1) is 7.88. The Hall–Kier alpha value is -0.480. The topological polar surface area (TPSA) is 37.8 Å². The summed E-state index contributed by atoms with van der Waals surface area (Å²) in [5, 5.41) is 7.72. The molecule has 3 rings (SSSR count). The Morgan fingerprint density at radius 3 is 2.85 bits per heavy atom. The highest BCUT2D eigenvalue weighted by molar-refractivity contribution is 7.05. The second-order valence-corrected chi connectivity index (χ2v) is 4.85. The largest absolute Gasteiger partial charge is 0.309 e. The van der Waals surface area contributed by atoms with Gasteiger partial charge in [0.2, 0.25) is 0 Å². The number of rotatable bonds is 4. The van der Waals surface area contributed by atoms with Crippen molar-refractivity contribution in [2.24, 2.45) is 0 Å². The molecular weight excluding hydrogens is 182 g/mol. The van der Waals surface area contributed by atoms with Gasteiger partial charge in [-0.2, -0.15) is 0 Å². The molecule has 4 heteroatoms. The van der Waals surface area contributed by atoms with E-state index in [4.69, 9.17) is 0 Å². The predicted octanol–water partition coefficient (Wildman–Crippen LogP) is 1.67. The molecular formula is C9H13N3S. The summed E-state index contributed by atoms with van der Waals surface area (Å²) in [5.41, 5.74) is 1.28. The fourth-order valence-corrected chi connectivity index (χ4v) is 2.21. The maximum Gasteiger partial charge on any atom is 0.0831 e. The lowest BCUT2D eigenvalue weighted by atomic mass is 10.2. The highest BCUT2D eigenvalue weighted by atomic mass is 32.1. The van der Waals surface area contributed by atoms with E-state index in [-0.39, 0.29) is 0 Å². The highest BCUT2D eigenvalue weighted by Crippen LogP contribution is 2.41. The average molecular weight is 195 g/mol.